The van der Waals surface area contributed by atoms with Crippen molar-refractivity contribution in [2.24, 2.45) is 5.18 Å². The van der Waals surface area contributed by atoms with Crippen molar-refractivity contribution in [3.8, 4) is 0 Å². The predicted molar refractivity (Wildman–Crippen MR) is 86.8 cm³/mol. The van der Waals surface area contributed by atoms with Crippen LogP contribution in [-0.2, 0) is 18.4 Å². The second-order valence-electron chi connectivity index (χ2n) is 5.04. The summed E-state index contributed by atoms with van der Waals surface area (Å²) in [5.74, 6) is -2.34. The molecule has 8 heteroatoms. The molecule has 0 saturated carbocycles. The third-order valence-corrected chi connectivity index (χ3v) is 5.01. The Morgan fingerprint density at radius 1 is 1.05 bits per heavy atom. The zero-order chi connectivity index (χ0) is 16.8. The maximum Gasteiger partial charge on any atom is 0.368 e. The van der Waals surface area contributed by atoms with Gasteiger partial charge < -0.3 is 14.4 Å². The highest BCUT2D eigenvalue weighted by atomic mass is 31.2. The molecule has 0 aliphatic carbocycles. The third kappa shape index (κ3) is 8.01. The van der Waals surface area contributed by atoms with Gasteiger partial charge in [-0.3, -0.25) is 9.36 Å². The zero-order valence-electron chi connectivity index (χ0n) is 13.9. The Balaban J connectivity index is 4.85. The van der Waals surface area contributed by atoms with Gasteiger partial charge in [-0.25, -0.2) is 0 Å². The summed E-state index contributed by atoms with van der Waals surface area (Å²) in [5.41, 5.74) is 0. The zero-order valence-corrected chi connectivity index (χ0v) is 14.8. The first kappa shape index (κ1) is 21.2. The molecule has 0 aromatic rings. The topological polar surface area (TPSA) is 94.1 Å². The quantitative estimate of drug-likeness (QED) is 0.296. The van der Waals surface area contributed by atoms with E-state index < -0.39 is 19.3 Å². The number of hydrogen-bond acceptors (Lipinski definition) is 6. The van der Waals surface area contributed by atoms with Crippen LogP contribution < -0.4 is 5.32 Å². The first-order valence-corrected chi connectivity index (χ1v) is 9.65. The minimum absolute atomic E-state index is 0.175. The largest absolute Gasteiger partial charge is 0.368 e. The number of nitrogens with zero attached hydrogens (tertiary/aromatic N) is 1. The van der Waals surface area contributed by atoms with Gasteiger partial charge in [0.2, 0.25) is 0 Å². The van der Waals surface area contributed by atoms with Gasteiger partial charge in [-0.05, 0) is 24.4 Å². The second-order valence-corrected chi connectivity index (χ2v) is 7.12. The van der Waals surface area contributed by atoms with Gasteiger partial charge in [-0.1, -0.05) is 40.0 Å². The Hall–Kier alpha value is -0.780. The molecule has 0 aliphatic heterocycles. The van der Waals surface area contributed by atoms with Crippen LogP contribution in [0, 0.1) is 4.91 Å². The van der Waals surface area contributed by atoms with Crippen LogP contribution in [0.3, 0.4) is 0 Å². The van der Waals surface area contributed by atoms with Gasteiger partial charge >= 0.3 is 7.60 Å². The Morgan fingerprint density at radius 3 is 1.95 bits per heavy atom. The highest BCUT2D eigenvalue weighted by molar-refractivity contribution is 7.55. The van der Waals surface area contributed by atoms with Crippen LogP contribution in [0.25, 0.3) is 0 Å². The van der Waals surface area contributed by atoms with Crippen LogP contribution in [0.2, 0.25) is 0 Å². The lowest BCUT2D eigenvalue weighted by atomic mass is 10.3. The average Bonchev–Trinajstić information content (AvgIpc) is 2.49. The molecule has 0 heterocycles. The highest BCUT2D eigenvalue weighted by Gasteiger charge is 2.43. The molecule has 1 unspecified atom stereocenters. The number of nitrogens with one attached hydrogen (secondary N) is 1. The number of amides is 1. The lowest BCUT2D eigenvalue weighted by molar-refractivity contribution is -0.121. The van der Waals surface area contributed by atoms with E-state index in [1.807, 2.05) is 20.8 Å². The normalized spacial score (nSPS) is 12.9. The molecule has 1 atom stereocenters. The molecule has 0 spiro atoms. The van der Waals surface area contributed by atoms with Gasteiger partial charge in [0.1, 0.15) is 0 Å². The van der Waals surface area contributed by atoms with Gasteiger partial charge in [0.25, 0.3) is 11.7 Å². The molecule has 1 amide bonds. The lowest BCUT2D eigenvalue weighted by Crippen LogP contribution is -2.35. The van der Waals surface area contributed by atoms with Crippen molar-refractivity contribution < 1.29 is 18.4 Å². The van der Waals surface area contributed by atoms with E-state index in [0.29, 0.717) is 19.4 Å². The standard InChI is InChI=1S/C14H29N2O5P/c1-4-7-10-15-13(17)14(16-18)22(19,20-11-8-5-2)21-12-9-6-3/h14H,4-12H2,1-3H3,(H,15,17). The minimum Gasteiger partial charge on any atom is -0.354 e. The Kier molecular flexibility index (Phi) is 12.3. The maximum atomic E-state index is 12.8. The molecule has 22 heavy (non-hydrogen) atoms. The van der Waals surface area contributed by atoms with Crippen LogP contribution in [0.1, 0.15) is 59.3 Å². The number of carbonyl (C=O) groups is 1. The highest BCUT2D eigenvalue weighted by Crippen LogP contribution is 2.54. The molecule has 7 nitrogen and oxygen atoms in total. The van der Waals surface area contributed by atoms with Gasteiger partial charge in [-0.2, -0.15) is 0 Å². The first-order valence-electron chi connectivity index (χ1n) is 8.04. The molecule has 130 valence electrons. The van der Waals surface area contributed by atoms with Crippen LogP contribution in [0.4, 0.5) is 0 Å². The smallest absolute Gasteiger partial charge is 0.354 e. The number of rotatable bonds is 14. The maximum absolute atomic E-state index is 12.8. The van der Waals surface area contributed by atoms with Crippen LogP contribution in [0.15, 0.2) is 5.18 Å². The Labute approximate surface area is 133 Å². The molecule has 0 bridgehead atoms. The summed E-state index contributed by atoms with van der Waals surface area (Å²) in [6.45, 7) is 6.65. The molecule has 0 fully saturated rings. The molecule has 0 radical (unpaired) electrons. The molecule has 0 saturated heterocycles. The molecular weight excluding hydrogens is 307 g/mol. The number of carbonyl (C=O) groups excluding carboxylic acids is 1. The summed E-state index contributed by atoms with van der Waals surface area (Å²) in [7, 11) is -3.88. The molecular formula is C14H29N2O5P. The molecule has 0 aliphatic rings. The lowest BCUT2D eigenvalue weighted by Gasteiger charge is -2.21. The molecule has 0 rings (SSSR count). The summed E-state index contributed by atoms with van der Waals surface area (Å²) in [4.78, 5) is 23.1. The van der Waals surface area contributed by atoms with Gasteiger partial charge in [-0.15, -0.1) is 4.91 Å². The van der Waals surface area contributed by atoms with Crippen molar-refractivity contribution in [2.75, 3.05) is 19.8 Å². The van der Waals surface area contributed by atoms with E-state index in [1.165, 1.54) is 0 Å². The van der Waals surface area contributed by atoms with Crippen molar-refractivity contribution in [3.63, 3.8) is 0 Å². The van der Waals surface area contributed by atoms with Gasteiger partial charge in [0.15, 0.2) is 0 Å². The van der Waals surface area contributed by atoms with Crippen molar-refractivity contribution in [1.82, 2.24) is 5.32 Å². The van der Waals surface area contributed by atoms with Crippen LogP contribution in [-0.4, -0.2) is 31.4 Å². The first-order chi connectivity index (χ1) is 10.6. The molecule has 0 aromatic carbocycles. The summed E-state index contributed by atoms with van der Waals surface area (Å²) in [6, 6.07) is 0. The summed E-state index contributed by atoms with van der Waals surface area (Å²) in [6.07, 6.45) is 4.70. The van der Waals surface area contributed by atoms with E-state index in [0.717, 1.165) is 25.7 Å². The number of hydrogen-bond donors (Lipinski definition) is 1. The van der Waals surface area contributed by atoms with E-state index in [4.69, 9.17) is 9.05 Å². The van der Waals surface area contributed by atoms with Crippen LogP contribution >= 0.6 is 7.60 Å². The minimum atomic E-state index is -3.88. The Morgan fingerprint density at radius 2 is 1.55 bits per heavy atom. The summed E-state index contributed by atoms with van der Waals surface area (Å²) < 4.78 is 23.3. The third-order valence-electron chi connectivity index (χ3n) is 3.00. The molecule has 0 aromatic heterocycles. The average molecular weight is 336 g/mol. The van der Waals surface area contributed by atoms with Gasteiger partial charge in [0, 0.05) is 6.54 Å². The fraction of sp³-hybridized carbons (Fsp3) is 0.929. The van der Waals surface area contributed by atoms with E-state index >= 15 is 0 Å². The fourth-order valence-corrected chi connectivity index (χ4v) is 3.20. The van der Waals surface area contributed by atoms with Crippen molar-refractivity contribution >= 4 is 13.5 Å². The van der Waals surface area contributed by atoms with E-state index in [2.05, 4.69) is 10.5 Å². The monoisotopic (exact) mass is 336 g/mol. The summed E-state index contributed by atoms with van der Waals surface area (Å²) in [5, 5.41) is 5.28. The SMILES string of the molecule is CCCCNC(=O)C(N=O)P(=O)(OCCCC)OCCCC. The second kappa shape index (κ2) is 12.7. The summed E-state index contributed by atoms with van der Waals surface area (Å²) >= 11 is 0. The Bertz CT molecular complexity index is 351. The number of nitroso groups, excluding NO2 is 1. The van der Waals surface area contributed by atoms with Crippen LogP contribution in [0.5, 0.6) is 0 Å². The van der Waals surface area contributed by atoms with Crippen molar-refractivity contribution in [3.05, 3.63) is 4.91 Å². The van der Waals surface area contributed by atoms with E-state index in [-0.39, 0.29) is 13.2 Å². The van der Waals surface area contributed by atoms with E-state index in [1.54, 1.807) is 0 Å². The predicted octanol–water partition coefficient (Wildman–Crippen LogP) is 3.82. The van der Waals surface area contributed by atoms with E-state index in [9.17, 15) is 14.3 Å². The van der Waals surface area contributed by atoms with Crippen molar-refractivity contribution in [1.29, 1.82) is 0 Å². The van der Waals surface area contributed by atoms with Gasteiger partial charge in [0.05, 0.1) is 13.2 Å². The van der Waals surface area contributed by atoms with Crippen molar-refractivity contribution in [2.45, 2.75) is 65.1 Å². The fourth-order valence-electron chi connectivity index (χ4n) is 1.58. The molecule has 1 N–H and O–H groups in total. The number of unbranched alkanes of at least 4 members (excludes halogenated alkanes) is 3.